The second-order valence-corrected chi connectivity index (χ2v) is 6.98. The van der Waals surface area contributed by atoms with Gasteiger partial charge in [0, 0.05) is 11.4 Å². The van der Waals surface area contributed by atoms with E-state index in [4.69, 9.17) is 10.5 Å². The summed E-state index contributed by atoms with van der Waals surface area (Å²) in [5, 5.41) is 0. The van der Waals surface area contributed by atoms with E-state index in [0.717, 1.165) is 12.0 Å². The maximum atomic E-state index is 12.0. The topological polar surface area (TPSA) is 72.6 Å². The third-order valence-corrected chi connectivity index (χ3v) is 4.26. The van der Waals surface area contributed by atoms with Crippen LogP contribution in [-0.4, -0.2) is 35.5 Å². The van der Waals surface area contributed by atoms with Gasteiger partial charge in [0.15, 0.2) is 5.78 Å². The highest BCUT2D eigenvalue weighted by atomic mass is 32.1. The zero-order valence-electron chi connectivity index (χ0n) is 12.1. The quantitative estimate of drug-likeness (QED) is 0.849. The lowest BCUT2D eigenvalue weighted by atomic mass is 10.1. The molecule has 0 atom stereocenters. The van der Waals surface area contributed by atoms with Crippen molar-refractivity contribution in [3.8, 4) is 0 Å². The van der Waals surface area contributed by atoms with E-state index in [1.807, 2.05) is 26.8 Å². The van der Waals surface area contributed by atoms with Gasteiger partial charge in [0.1, 0.15) is 5.60 Å². The highest BCUT2D eigenvalue weighted by molar-refractivity contribution is 7.14. The third kappa shape index (κ3) is 3.37. The first kappa shape index (κ1) is 15.0. The molecule has 0 saturated heterocycles. The number of nitrogens with two attached hydrogens (primary N) is 1. The number of rotatable bonds is 2. The number of nitrogens with zero attached hydrogens (tertiary/aromatic N) is 1. The fourth-order valence-corrected chi connectivity index (χ4v) is 3.17. The summed E-state index contributed by atoms with van der Waals surface area (Å²) in [5.41, 5.74) is 5.92. The minimum absolute atomic E-state index is 0.0230. The second-order valence-electron chi connectivity index (χ2n) is 5.84. The molecule has 0 unspecified atom stereocenters. The molecular weight excluding hydrogens is 276 g/mol. The van der Waals surface area contributed by atoms with Gasteiger partial charge in [-0.15, -0.1) is 11.3 Å². The molecule has 2 heterocycles. The minimum Gasteiger partial charge on any atom is -0.444 e. The van der Waals surface area contributed by atoms with Gasteiger partial charge in [0.2, 0.25) is 0 Å². The van der Waals surface area contributed by atoms with Crippen LogP contribution in [0.15, 0.2) is 6.07 Å². The number of hydrogen-bond donors (Lipinski definition) is 1. The number of amides is 1. The number of carbonyl (C=O) groups excluding carboxylic acids is 2. The second kappa shape index (κ2) is 5.54. The van der Waals surface area contributed by atoms with Crippen LogP contribution in [0.4, 0.5) is 4.79 Å². The smallest absolute Gasteiger partial charge is 0.410 e. The van der Waals surface area contributed by atoms with E-state index in [-0.39, 0.29) is 18.4 Å². The highest BCUT2D eigenvalue weighted by Gasteiger charge is 2.27. The average Bonchev–Trinajstić information content (AvgIpc) is 2.78. The van der Waals surface area contributed by atoms with Gasteiger partial charge in [-0.1, -0.05) is 0 Å². The van der Waals surface area contributed by atoms with E-state index in [1.54, 1.807) is 4.90 Å². The lowest BCUT2D eigenvalue weighted by molar-refractivity contribution is 0.0225. The van der Waals surface area contributed by atoms with Crippen molar-refractivity contribution in [2.45, 2.75) is 39.3 Å². The van der Waals surface area contributed by atoms with Crippen LogP contribution in [0.1, 0.15) is 40.9 Å². The standard InChI is InChI=1S/C14H20N2O3S/c1-14(2,3)19-13(18)16-5-4-11-9(8-16)6-12(20-11)10(17)7-15/h6H,4-5,7-8,15H2,1-3H3. The summed E-state index contributed by atoms with van der Waals surface area (Å²) >= 11 is 1.49. The van der Waals surface area contributed by atoms with Gasteiger partial charge in [0.25, 0.3) is 0 Å². The van der Waals surface area contributed by atoms with Gasteiger partial charge in [-0.25, -0.2) is 4.79 Å². The number of ketones is 1. The van der Waals surface area contributed by atoms with Crippen molar-refractivity contribution in [1.82, 2.24) is 4.90 Å². The van der Waals surface area contributed by atoms with Crippen molar-refractivity contribution in [2.24, 2.45) is 5.73 Å². The third-order valence-electron chi connectivity index (χ3n) is 2.98. The van der Waals surface area contributed by atoms with Crippen LogP contribution in [0.5, 0.6) is 0 Å². The van der Waals surface area contributed by atoms with Crippen LogP contribution in [0, 0.1) is 0 Å². The molecule has 0 bridgehead atoms. The molecule has 110 valence electrons. The van der Waals surface area contributed by atoms with E-state index < -0.39 is 5.60 Å². The Morgan fingerprint density at radius 1 is 1.45 bits per heavy atom. The molecule has 0 aromatic carbocycles. The molecule has 1 amide bonds. The van der Waals surface area contributed by atoms with Crippen molar-refractivity contribution in [3.05, 3.63) is 21.4 Å². The van der Waals surface area contributed by atoms with E-state index in [9.17, 15) is 9.59 Å². The first-order valence-corrected chi connectivity index (χ1v) is 7.44. The van der Waals surface area contributed by atoms with Crippen LogP contribution in [0.3, 0.4) is 0 Å². The van der Waals surface area contributed by atoms with Crippen molar-refractivity contribution in [2.75, 3.05) is 13.1 Å². The fourth-order valence-electron chi connectivity index (χ4n) is 2.05. The first-order valence-electron chi connectivity index (χ1n) is 6.63. The van der Waals surface area contributed by atoms with E-state index in [2.05, 4.69) is 0 Å². The molecule has 0 spiro atoms. The molecule has 5 nitrogen and oxygen atoms in total. The van der Waals surface area contributed by atoms with Gasteiger partial charge < -0.3 is 15.4 Å². The van der Waals surface area contributed by atoms with Gasteiger partial charge >= 0.3 is 6.09 Å². The average molecular weight is 296 g/mol. The SMILES string of the molecule is CC(C)(C)OC(=O)N1CCc2sc(C(=O)CN)cc2C1. The molecule has 6 heteroatoms. The molecule has 1 aromatic heterocycles. The van der Waals surface area contributed by atoms with Crippen LogP contribution < -0.4 is 5.73 Å². The Hall–Kier alpha value is -1.40. The Kier molecular flexibility index (Phi) is 4.15. The van der Waals surface area contributed by atoms with Gasteiger partial charge in [-0.2, -0.15) is 0 Å². The van der Waals surface area contributed by atoms with Crippen molar-refractivity contribution < 1.29 is 14.3 Å². The summed E-state index contributed by atoms with van der Waals surface area (Å²) in [6.07, 6.45) is 0.456. The Morgan fingerprint density at radius 3 is 2.75 bits per heavy atom. The summed E-state index contributed by atoms with van der Waals surface area (Å²) in [4.78, 5) is 27.2. The van der Waals surface area contributed by atoms with Crippen LogP contribution in [-0.2, 0) is 17.7 Å². The van der Waals surface area contributed by atoms with E-state index >= 15 is 0 Å². The predicted octanol–water partition coefficient (Wildman–Crippen LogP) is 2.18. The van der Waals surface area contributed by atoms with Crippen LogP contribution >= 0.6 is 11.3 Å². The normalized spacial score (nSPS) is 14.9. The number of carbonyl (C=O) groups is 2. The molecule has 0 radical (unpaired) electrons. The Balaban J connectivity index is 2.09. The summed E-state index contributed by atoms with van der Waals surface area (Å²) in [6.45, 7) is 6.70. The summed E-state index contributed by atoms with van der Waals surface area (Å²) in [5.74, 6) is -0.0479. The van der Waals surface area contributed by atoms with Crippen molar-refractivity contribution in [1.29, 1.82) is 0 Å². The zero-order chi connectivity index (χ0) is 14.9. The van der Waals surface area contributed by atoms with Gasteiger partial charge in [-0.3, -0.25) is 4.79 Å². The Labute approximate surface area is 122 Å². The van der Waals surface area contributed by atoms with E-state index in [1.165, 1.54) is 16.2 Å². The van der Waals surface area contributed by atoms with Crippen molar-refractivity contribution in [3.63, 3.8) is 0 Å². The predicted molar refractivity (Wildman–Crippen MR) is 78.1 cm³/mol. The molecule has 2 N–H and O–H groups in total. The monoisotopic (exact) mass is 296 g/mol. The van der Waals surface area contributed by atoms with E-state index in [0.29, 0.717) is 18.0 Å². The lowest BCUT2D eigenvalue weighted by Gasteiger charge is -2.29. The first-order chi connectivity index (χ1) is 9.30. The molecular formula is C14H20N2O3S. The summed E-state index contributed by atoms with van der Waals surface area (Å²) < 4.78 is 5.37. The van der Waals surface area contributed by atoms with Crippen LogP contribution in [0.25, 0.3) is 0 Å². The van der Waals surface area contributed by atoms with Crippen LogP contribution in [0.2, 0.25) is 0 Å². The largest absolute Gasteiger partial charge is 0.444 e. The molecule has 1 aliphatic heterocycles. The highest BCUT2D eigenvalue weighted by Crippen LogP contribution is 2.29. The Bertz CT molecular complexity index is 531. The maximum absolute atomic E-state index is 12.0. The summed E-state index contributed by atoms with van der Waals surface area (Å²) in [7, 11) is 0. The molecule has 0 saturated carbocycles. The maximum Gasteiger partial charge on any atom is 0.410 e. The molecule has 2 rings (SSSR count). The fraction of sp³-hybridized carbons (Fsp3) is 0.571. The number of ether oxygens (including phenoxy) is 1. The molecule has 0 aliphatic carbocycles. The number of Topliss-reactive ketones (excluding diaryl/α,β-unsaturated/α-hetero) is 1. The number of hydrogen-bond acceptors (Lipinski definition) is 5. The minimum atomic E-state index is -0.493. The van der Waals surface area contributed by atoms with Gasteiger partial charge in [-0.05, 0) is 38.8 Å². The molecule has 0 fully saturated rings. The van der Waals surface area contributed by atoms with Crippen molar-refractivity contribution >= 4 is 23.2 Å². The zero-order valence-corrected chi connectivity index (χ0v) is 12.9. The van der Waals surface area contributed by atoms with Gasteiger partial charge in [0.05, 0.1) is 18.0 Å². The number of fused-ring (bicyclic) bond motifs is 1. The molecule has 20 heavy (non-hydrogen) atoms. The Morgan fingerprint density at radius 2 is 2.15 bits per heavy atom. The summed E-state index contributed by atoms with van der Waals surface area (Å²) in [6, 6.07) is 1.85. The number of thiophene rings is 1. The molecule has 1 aromatic rings. The lowest BCUT2D eigenvalue weighted by Crippen LogP contribution is -2.39. The molecule has 1 aliphatic rings.